The minimum atomic E-state index is 0.0776. The fraction of sp³-hybridized carbons (Fsp3) is 0. The Bertz CT molecular complexity index is 526. The Morgan fingerprint density at radius 3 is 2.38 bits per heavy atom. The SMILES string of the molecule is O=c1cc(-c2ccccc2)c2cn1-2. The summed E-state index contributed by atoms with van der Waals surface area (Å²) in [5, 5.41) is 0. The molecule has 62 valence electrons. The molecule has 0 radical (unpaired) electrons. The van der Waals surface area contributed by atoms with Gasteiger partial charge >= 0.3 is 0 Å². The molecule has 2 aliphatic rings. The number of hydrogen-bond acceptors (Lipinski definition) is 1. The van der Waals surface area contributed by atoms with Crippen LogP contribution in [0.1, 0.15) is 0 Å². The number of hydrogen-bond donors (Lipinski definition) is 0. The predicted octanol–water partition coefficient (Wildman–Crippen LogP) is 1.82. The van der Waals surface area contributed by atoms with Crippen LogP contribution in [0.15, 0.2) is 47.4 Å². The second-order valence-corrected chi connectivity index (χ2v) is 3.15. The van der Waals surface area contributed by atoms with Gasteiger partial charge in [-0.2, -0.15) is 0 Å². The lowest BCUT2D eigenvalue weighted by atomic mass is 10.1. The van der Waals surface area contributed by atoms with Crippen molar-refractivity contribution >= 4 is 0 Å². The normalized spacial score (nSPS) is 11.4. The lowest BCUT2D eigenvalue weighted by Gasteiger charge is -1.94. The van der Waals surface area contributed by atoms with Crippen LogP contribution in [0.3, 0.4) is 0 Å². The highest BCUT2D eigenvalue weighted by Gasteiger charge is 2.20. The Morgan fingerprint density at radius 1 is 1.08 bits per heavy atom. The van der Waals surface area contributed by atoms with E-state index in [9.17, 15) is 4.79 Å². The summed E-state index contributed by atoms with van der Waals surface area (Å²) in [6, 6.07) is 11.6. The molecular weight excluding hydrogens is 162 g/mol. The van der Waals surface area contributed by atoms with Crippen molar-refractivity contribution in [2.75, 3.05) is 0 Å². The maximum absolute atomic E-state index is 11.2. The molecule has 0 N–H and O–H groups in total. The van der Waals surface area contributed by atoms with Crippen molar-refractivity contribution in [1.82, 2.24) is 4.57 Å². The largest absolute Gasteiger partial charge is 0.280 e. The second-order valence-electron chi connectivity index (χ2n) is 3.15. The van der Waals surface area contributed by atoms with Gasteiger partial charge in [-0.25, -0.2) is 0 Å². The molecule has 0 amide bonds. The van der Waals surface area contributed by atoms with Crippen molar-refractivity contribution < 1.29 is 0 Å². The smallest absolute Gasteiger partial charge is 0.255 e. The number of aromatic nitrogens is 1. The standard InChI is InChI=1S/C11H7NO/c13-11-6-9(10-7-12(10)11)8-4-2-1-3-5-8/h1-7H. The van der Waals surface area contributed by atoms with E-state index in [4.69, 9.17) is 0 Å². The van der Waals surface area contributed by atoms with E-state index in [1.165, 1.54) is 0 Å². The van der Waals surface area contributed by atoms with E-state index in [1.54, 1.807) is 10.6 Å². The average Bonchev–Trinajstić information content (AvgIpc) is 2.89. The zero-order valence-corrected chi connectivity index (χ0v) is 6.90. The summed E-state index contributed by atoms with van der Waals surface area (Å²) in [4.78, 5) is 11.2. The summed E-state index contributed by atoms with van der Waals surface area (Å²) in [6.45, 7) is 0. The van der Waals surface area contributed by atoms with Gasteiger partial charge in [0, 0.05) is 17.8 Å². The van der Waals surface area contributed by atoms with Crippen molar-refractivity contribution in [2.24, 2.45) is 0 Å². The molecule has 0 aromatic heterocycles. The first-order chi connectivity index (χ1) is 6.36. The van der Waals surface area contributed by atoms with E-state index in [0.29, 0.717) is 0 Å². The van der Waals surface area contributed by atoms with Crippen LogP contribution in [-0.4, -0.2) is 4.57 Å². The Hall–Kier alpha value is -1.83. The van der Waals surface area contributed by atoms with E-state index >= 15 is 0 Å². The number of rotatable bonds is 1. The van der Waals surface area contributed by atoms with Crippen molar-refractivity contribution in [1.29, 1.82) is 0 Å². The molecule has 3 rings (SSSR count). The highest BCUT2D eigenvalue weighted by atomic mass is 16.1. The lowest BCUT2D eigenvalue weighted by Crippen LogP contribution is -1.98. The number of benzene rings is 1. The van der Waals surface area contributed by atoms with Gasteiger partial charge in [0.15, 0.2) is 0 Å². The molecular formula is C11H7NO. The third-order valence-electron chi connectivity index (χ3n) is 2.31. The Morgan fingerprint density at radius 2 is 1.85 bits per heavy atom. The summed E-state index contributed by atoms with van der Waals surface area (Å²) in [5.74, 6) is 0. The lowest BCUT2D eigenvalue weighted by molar-refractivity contribution is 1.20. The van der Waals surface area contributed by atoms with Gasteiger partial charge in [-0.05, 0) is 5.56 Å². The van der Waals surface area contributed by atoms with Crippen LogP contribution in [0.2, 0.25) is 0 Å². The highest BCUT2D eigenvalue weighted by Crippen LogP contribution is 2.31. The molecule has 0 aliphatic carbocycles. The van der Waals surface area contributed by atoms with Crippen LogP contribution in [0, 0.1) is 0 Å². The maximum atomic E-state index is 11.2. The molecule has 2 aliphatic heterocycles. The molecule has 13 heavy (non-hydrogen) atoms. The molecule has 2 nitrogen and oxygen atoms in total. The Labute approximate surface area is 75.1 Å². The van der Waals surface area contributed by atoms with Crippen molar-refractivity contribution in [2.45, 2.75) is 0 Å². The quantitative estimate of drug-likeness (QED) is 0.544. The summed E-state index contributed by atoms with van der Waals surface area (Å²) in [5.41, 5.74) is 3.29. The van der Waals surface area contributed by atoms with Gasteiger partial charge in [-0.1, -0.05) is 30.3 Å². The fourth-order valence-electron chi connectivity index (χ4n) is 1.59. The van der Waals surface area contributed by atoms with Crippen LogP contribution in [0.5, 0.6) is 0 Å². The van der Waals surface area contributed by atoms with E-state index in [2.05, 4.69) is 0 Å². The molecule has 0 atom stereocenters. The molecule has 2 heteroatoms. The zero-order chi connectivity index (χ0) is 8.84. The summed E-state index contributed by atoms with van der Waals surface area (Å²) < 4.78 is 1.67. The van der Waals surface area contributed by atoms with Crippen LogP contribution in [0.4, 0.5) is 0 Å². The maximum Gasteiger partial charge on any atom is 0.255 e. The van der Waals surface area contributed by atoms with E-state index in [1.807, 2.05) is 36.5 Å². The van der Waals surface area contributed by atoms with Crippen LogP contribution >= 0.6 is 0 Å². The third kappa shape index (κ3) is 0.855. The summed E-state index contributed by atoms with van der Waals surface area (Å²) >= 11 is 0. The first-order valence-corrected chi connectivity index (χ1v) is 4.19. The predicted molar refractivity (Wildman–Crippen MR) is 51.0 cm³/mol. The molecule has 2 heterocycles. The van der Waals surface area contributed by atoms with Crippen LogP contribution < -0.4 is 5.56 Å². The van der Waals surface area contributed by atoms with Crippen molar-refractivity contribution in [3.05, 3.63) is 52.9 Å². The van der Waals surface area contributed by atoms with E-state index < -0.39 is 0 Å². The van der Waals surface area contributed by atoms with Gasteiger partial charge in [0.1, 0.15) is 0 Å². The van der Waals surface area contributed by atoms with Gasteiger partial charge in [0.2, 0.25) is 0 Å². The second kappa shape index (κ2) is 2.10. The molecule has 0 saturated heterocycles. The summed E-state index contributed by atoms with van der Waals surface area (Å²) in [7, 11) is 0. The van der Waals surface area contributed by atoms with E-state index in [0.717, 1.165) is 16.8 Å². The topological polar surface area (TPSA) is 22.0 Å². The summed E-state index contributed by atoms with van der Waals surface area (Å²) in [6.07, 6.45) is 1.87. The molecule has 0 bridgehead atoms. The van der Waals surface area contributed by atoms with Crippen molar-refractivity contribution in [3.8, 4) is 16.8 Å². The fourth-order valence-corrected chi connectivity index (χ4v) is 1.59. The third-order valence-corrected chi connectivity index (χ3v) is 2.31. The van der Waals surface area contributed by atoms with E-state index in [-0.39, 0.29) is 5.56 Å². The van der Waals surface area contributed by atoms with Gasteiger partial charge < -0.3 is 0 Å². The monoisotopic (exact) mass is 169 g/mol. The minimum Gasteiger partial charge on any atom is -0.280 e. The molecule has 1 aromatic rings. The molecule has 1 aromatic carbocycles. The molecule has 0 fully saturated rings. The minimum absolute atomic E-state index is 0.0776. The van der Waals surface area contributed by atoms with Crippen LogP contribution in [-0.2, 0) is 0 Å². The zero-order valence-electron chi connectivity index (χ0n) is 6.90. The first kappa shape index (κ1) is 6.66. The van der Waals surface area contributed by atoms with Crippen LogP contribution in [0.25, 0.3) is 16.8 Å². The van der Waals surface area contributed by atoms with Crippen molar-refractivity contribution in [3.63, 3.8) is 0 Å². The van der Waals surface area contributed by atoms with Gasteiger partial charge in [0.05, 0.1) is 5.69 Å². The van der Waals surface area contributed by atoms with Gasteiger partial charge in [0.25, 0.3) is 5.56 Å². The number of fused-ring (bicyclic) bond motifs is 1. The van der Waals surface area contributed by atoms with Gasteiger partial charge in [-0.3, -0.25) is 9.36 Å². The molecule has 0 saturated carbocycles. The Kier molecular flexibility index (Phi) is 1.08. The first-order valence-electron chi connectivity index (χ1n) is 4.19. The molecule has 0 spiro atoms. The van der Waals surface area contributed by atoms with Gasteiger partial charge in [-0.15, -0.1) is 0 Å². The number of pyridine rings is 1. The Balaban J connectivity index is 2.22. The average molecular weight is 169 g/mol. The highest BCUT2D eigenvalue weighted by molar-refractivity contribution is 5.77. The molecule has 0 unspecified atom stereocenters. The number of nitrogens with zero attached hydrogens (tertiary/aromatic N) is 1.